The van der Waals surface area contributed by atoms with Gasteiger partial charge >= 0.3 is 0 Å². The van der Waals surface area contributed by atoms with E-state index in [9.17, 15) is 0 Å². The lowest BCUT2D eigenvalue weighted by molar-refractivity contribution is 0.771. The van der Waals surface area contributed by atoms with Gasteiger partial charge in [-0.15, -0.1) is 0 Å². The van der Waals surface area contributed by atoms with Gasteiger partial charge in [0, 0.05) is 18.8 Å². The summed E-state index contributed by atoms with van der Waals surface area (Å²) in [6.45, 7) is 0. The van der Waals surface area contributed by atoms with Gasteiger partial charge in [0.05, 0.1) is 15.7 Å². The molecule has 2 rings (SSSR count). The number of halogens is 2. The molecule has 0 atom stereocenters. The van der Waals surface area contributed by atoms with Gasteiger partial charge in [0.25, 0.3) is 0 Å². The van der Waals surface area contributed by atoms with Gasteiger partial charge in [0.1, 0.15) is 5.69 Å². The van der Waals surface area contributed by atoms with E-state index in [0.29, 0.717) is 15.7 Å². The van der Waals surface area contributed by atoms with Gasteiger partial charge in [-0.1, -0.05) is 29.3 Å². The molecule has 0 aliphatic rings. The van der Waals surface area contributed by atoms with Crippen molar-refractivity contribution in [1.29, 1.82) is 0 Å². The maximum absolute atomic E-state index is 5.92. The first-order chi connectivity index (χ1) is 7.08. The number of benzene rings is 1. The third kappa shape index (κ3) is 1.94. The van der Waals surface area contributed by atoms with E-state index in [2.05, 4.69) is 5.10 Å². The van der Waals surface area contributed by atoms with Crippen molar-refractivity contribution in [2.75, 3.05) is 5.73 Å². The molecule has 1 heterocycles. The zero-order chi connectivity index (χ0) is 11.0. The molecule has 0 bridgehead atoms. The summed E-state index contributed by atoms with van der Waals surface area (Å²) in [6.07, 6.45) is 1.75. The Bertz CT molecular complexity index is 505. The van der Waals surface area contributed by atoms with E-state index in [1.54, 1.807) is 23.0 Å². The second-order valence-electron chi connectivity index (χ2n) is 3.24. The second kappa shape index (κ2) is 3.76. The molecule has 0 amide bonds. The van der Waals surface area contributed by atoms with Crippen molar-refractivity contribution in [2.45, 2.75) is 0 Å². The Labute approximate surface area is 97.4 Å². The van der Waals surface area contributed by atoms with Crippen LogP contribution in [0.3, 0.4) is 0 Å². The summed E-state index contributed by atoms with van der Waals surface area (Å²) in [5, 5.41) is 5.26. The molecule has 1 aromatic heterocycles. The van der Waals surface area contributed by atoms with Crippen molar-refractivity contribution in [1.82, 2.24) is 9.78 Å². The number of nitrogens with two attached hydrogens (primary N) is 1. The van der Waals surface area contributed by atoms with Crippen LogP contribution in [-0.2, 0) is 7.05 Å². The first kappa shape index (κ1) is 10.3. The molecule has 0 spiro atoms. The van der Waals surface area contributed by atoms with Crippen LogP contribution in [0.5, 0.6) is 0 Å². The van der Waals surface area contributed by atoms with Gasteiger partial charge in [-0.3, -0.25) is 4.68 Å². The smallest absolute Gasteiger partial charge is 0.115 e. The summed E-state index contributed by atoms with van der Waals surface area (Å²) in [5.74, 6) is 0. The number of nitrogen functional groups attached to an aromatic ring is 1. The van der Waals surface area contributed by atoms with Crippen LogP contribution in [0.2, 0.25) is 10.0 Å². The number of aromatic nitrogens is 2. The average molecular weight is 242 g/mol. The molecule has 0 aliphatic heterocycles. The van der Waals surface area contributed by atoms with Gasteiger partial charge in [-0.05, 0) is 12.1 Å². The van der Waals surface area contributed by atoms with Gasteiger partial charge in [-0.25, -0.2) is 0 Å². The maximum atomic E-state index is 5.92. The van der Waals surface area contributed by atoms with Crippen molar-refractivity contribution >= 4 is 28.9 Å². The third-order valence-electron chi connectivity index (χ3n) is 2.05. The number of rotatable bonds is 1. The number of anilines is 1. The van der Waals surface area contributed by atoms with Gasteiger partial charge in [0.15, 0.2) is 0 Å². The van der Waals surface area contributed by atoms with E-state index in [1.165, 1.54) is 0 Å². The Balaban J connectivity index is 2.54. The molecule has 2 N–H and O–H groups in total. The highest BCUT2D eigenvalue weighted by Gasteiger charge is 2.08. The van der Waals surface area contributed by atoms with Crippen molar-refractivity contribution in [3.63, 3.8) is 0 Å². The van der Waals surface area contributed by atoms with E-state index in [0.717, 1.165) is 11.3 Å². The quantitative estimate of drug-likeness (QED) is 0.835. The monoisotopic (exact) mass is 241 g/mol. The third-order valence-corrected chi connectivity index (χ3v) is 2.79. The minimum Gasteiger partial charge on any atom is -0.396 e. The van der Waals surface area contributed by atoms with E-state index in [1.807, 2.05) is 13.1 Å². The van der Waals surface area contributed by atoms with Gasteiger partial charge in [0.2, 0.25) is 0 Å². The first-order valence-corrected chi connectivity index (χ1v) is 5.08. The fourth-order valence-corrected chi connectivity index (χ4v) is 1.67. The Hall–Kier alpha value is -1.19. The van der Waals surface area contributed by atoms with E-state index in [-0.39, 0.29) is 0 Å². The standard InChI is InChI=1S/C10H9Cl2N3/c1-15-5-9(13)10(14-15)6-2-3-7(11)8(12)4-6/h2-5H,13H2,1H3. The summed E-state index contributed by atoms with van der Waals surface area (Å²) in [5.41, 5.74) is 8.01. The highest BCUT2D eigenvalue weighted by molar-refractivity contribution is 6.42. The molecule has 1 aromatic carbocycles. The zero-order valence-corrected chi connectivity index (χ0v) is 9.55. The van der Waals surface area contributed by atoms with Crippen molar-refractivity contribution in [3.8, 4) is 11.3 Å². The molecule has 0 fully saturated rings. The maximum Gasteiger partial charge on any atom is 0.115 e. The normalized spacial score (nSPS) is 10.6. The average Bonchev–Trinajstić information content (AvgIpc) is 2.50. The van der Waals surface area contributed by atoms with E-state index < -0.39 is 0 Å². The summed E-state index contributed by atoms with van der Waals surface area (Å²) in [7, 11) is 1.82. The van der Waals surface area contributed by atoms with Gasteiger partial charge < -0.3 is 5.73 Å². The Kier molecular flexibility index (Phi) is 2.59. The molecule has 0 radical (unpaired) electrons. The van der Waals surface area contributed by atoms with Gasteiger partial charge in [-0.2, -0.15) is 5.10 Å². The predicted octanol–water partition coefficient (Wildman–Crippen LogP) is 2.98. The lowest BCUT2D eigenvalue weighted by atomic mass is 10.1. The Morgan fingerprint density at radius 2 is 2.00 bits per heavy atom. The van der Waals surface area contributed by atoms with Crippen LogP contribution in [0, 0.1) is 0 Å². The Morgan fingerprint density at radius 1 is 1.27 bits per heavy atom. The van der Waals surface area contributed by atoms with E-state index >= 15 is 0 Å². The summed E-state index contributed by atoms with van der Waals surface area (Å²) in [6, 6.07) is 5.32. The molecule has 0 aliphatic carbocycles. The van der Waals surface area contributed by atoms with Crippen LogP contribution >= 0.6 is 23.2 Å². The van der Waals surface area contributed by atoms with Crippen molar-refractivity contribution < 1.29 is 0 Å². The minimum atomic E-state index is 0.499. The molecule has 0 saturated carbocycles. The summed E-state index contributed by atoms with van der Waals surface area (Å²) in [4.78, 5) is 0. The van der Waals surface area contributed by atoms with Crippen molar-refractivity contribution in [3.05, 3.63) is 34.4 Å². The lowest BCUT2D eigenvalue weighted by Gasteiger charge is -2.00. The van der Waals surface area contributed by atoms with Crippen LogP contribution < -0.4 is 5.73 Å². The molecular weight excluding hydrogens is 233 g/mol. The zero-order valence-electron chi connectivity index (χ0n) is 8.04. The summed E-state index contributed by atoms with van der Waals surface area (Å²) < 4.78 is 1.66. The van der Waals surface area contributed by atoms with Crippen LogP contribution in [0.15, 0.2) is 24.4 Å². The molecule has 5 heteroatoms. The first-order valence-electron chi connectivity index (χ1n) is 4.32. The van der Waals surface area contributed by atoms with Crippen molar-refractivity contribution in [2.24, 2.45) is 7.05 Å². The van der Waals surface area contributed by atoms with Crippen LogP contribution in [0.25, 0.3) is 11.3 Å². The molecule has 78 valence electrons. The fourth-order valence-electron chi connectivity index (χ4n) is 1.37. The number of aryl methyl sites for hydroxylation is 1. The molecule has 3 nitrogen and oxygen atoms in total. The molecular formula is C10H9Cl2N3. The molecule has 2 aromatic rings. The number of nitrogens with zero attached hydrogens (tertiary/aromatic N) is 2. The number of hydrogen-bond donors (Lipinski definition) is 1. The summed E-state index contributed by atoms with van der Waals surface area (Å²) >= 11 is 11.7. The highest BCUT2D eigenvalue weighted by Crippen LogP contribution is 2.30. The van der Waals surface area contributed by atoms with Crippen LogP contribution in [0.4, 0.5) is 5.69 Å². The number of hydrogen-bond acceptors (Lipinski definition) is 2. The topological polar surface area (TPSA) is 43.8 Å². The minimum absolute atomic E-state index is 0.499. The molecule has 15 heavy (non-hydrogen) atoms. The molecule has 0 saturated heterocycles. The molecule has 0 unspecified atom stereocenters. The van der Waals surface area contributed by atoms with Crippen LogP contribution in [-0.4, -0.2) is 9.78 Å². The largest absolute Gasteiger partial charge is 0.396 e. The SMILES string of the molecule is Cn1cc(N)c(-c2ccc(Cl)c(Cl)c2)n1. The second-order valence-corrected chi connectivity index (χ2v) is 4.05. The fraction of sp³-hybridized carbons (Fsp3) is 0.100. The van der Waals surface area contributed by atoms with E-state index in [4.69, 9.17) is 28.9 Å². The highest BCUT2D eigenvalue weighted by atomic mass is 35.5. The van der Waals surface area contributed by atoms with Crippen LogP contribution in [0.1, 0.15) is 0 Å². The Morgan fingerprint density at radius 3 is 2.53 bits per heavy atom. The predicted molar refractivity (Wildman–Crippen MR) is 63.1 cm³/mol. The lowest BCUT2D eigenvalue weighted by Crippen LogP contribution is -1.88.